The Labute approximate surface area is 224 Å². The third-order valence-corrected chi connectivity index (χ3v) is 6.58. The molecule has 2 amide bonds. The van der Waals surface area contributed by atoms with Crippen LogP contribution in [0.25, 0.3) is 0 Å². The number of piperazine rings is 1. The molecule has 1 heterocycles. The number of thiocarbonyl (C=S) groups is 1. The molecule has 1 aliphatic rings. The highest BCUT2D eigenvalue weighted by Crippen LogP contribution is 2.22. The summed E-state index contributed by atoms with van der Waals surface area (Å²) in [4.78, 5) is 39.9. The summed E-state index contributed by atoms with van der Waals surface area (Å²) in [5, 5.41) is 17.3. The van der Waals surface area contributed by atoms with Crippen molar-refractivity contribution in [1.29, 1.82) is 0 Å². The molecule has 0 saturated carbocycles. The predicted molar refractivity (Wildman–Crippen MR) is 148 cm³/mol. The van der Waals surface area contributed by atoms with Crippen LogP contribution in [0.15, 0.2) is 66.7 Å². The molecule has 0 radical (unpaired) electrons. The average molecular weight is 538 g/mol. The molecular formula is C26H24ClN5O4S. The van der Waals surface area contributed by atoms with Crippen molar-refractivity contribution in [2.24, 2.45) is 0 Å². The van der Waals surface area contributed by atoms with E-state index < -0.39 is 10.8 Å². The zero-order chi connectivity index (χ0) is 26.5. The molecular weight excluding hydrogens is 514 g/mol. The number of nitro groups is 1. The van der Waals surface area contributed by atoms with Crippen molar-refractivity contribution in [3.05, 3.63) is 98.6 Å². The van der Waals surface area contributed by atoms with Gasteiger partial charge in [-0.1, -0.05) is 17.7 Å². The van der Waals surface area contributed by atoms with E-state index in [1.165, 1.54) is 25.1 Å². The molecule has 0 unspecified atom stereocenters. The Bertz CT molecular complexity index is 1340. The quantitative estimate of drug-likeness (QED) is 0.277. The van der Waals surface area contributed by atoms with Crippen molar-refractivity contribution in [3.63, 3.8) is 0 Å². The van der Waals surface area contributed by atoms with Gasteiger partial charge >= 0.3 is 0 Å². The molecule has 3 aromatic carbocycles. The molecule has 1 fully saturated rings. The monoisotopic (exact) mass is 537 g/mol. The first-order valence-corrected chi connectivity index (χ1v) is 12.3. The molecule has 0 aromatic heterocycles. The maximum atomic E-state index is 12.7. The van der Waals surface area contributed by atoms with E-state index in [0.29, 0.717) is 42.5 Å². The molecule has 4 rings (SSSR count). The Kier molecular flexibility index (Phi) is 8.00. The average Bonchev–Trinajstić information content (AvgIpc) is 2.89. The van der Waals surface area contributed by atoms with Gasteiger partial charge in [-0.05, 0) is 73.7 Å². The Hall–Kier alpha value is -4.02. The van der Waals surface area contributed by atoms with Gasteiger partial charge in [-0.2, -0.15) is 0 Å². The van der Waals surface area contributed by atoms with Crippen LogP contribution in [0, 0.1) is 17.0 Å². The number of rotatable bonds is 5. The van der Waals surface area contributed by atoms with Crippen molar-refractivity contribution in [2.75, 3.05) is 36.4 Å². The van der Waals surface area contributed by atoms with Crippen LogP contribution in [-0.2, 0) is 0 Å². The number of nitro benzene ring substituents is 1. The smallest absolute Gasteiger partial charge is 0.273 e. The summed E-state index contributed by atoms with van der Waals surface area (Å²) in [7, 11) is 0. The molecule has 3 aromatic rings. The number of hydrogen-bond donors (Lipinski definition) is 2. The summed E-state index contributed by atoms with van der Waals surface area (Å²) in [5.74, 6) is -0.534. The van der Waals surface area contributed by atoms with E-state index in [1.807, 2.05) is 29.2 Å². The molecule has 2 N–H and O–H groups in total. The number of carbonyl (C=O) groups is 2. The third kappa shape index (κ3) is 6.22. The molecule has 37 heavy (non-hydrogen) atoms. The summed E-state index contributed by atoms with van der Waals surface area (Å²) < 4.78 is 0. The fraction of sp³-hybridized carbons (Fsp3) is 0.192. The van der Waals surface area contributed by atoms with Crippen molar-refractivity contribution in [1.82, 2.24) is 10.2 Å². The third-order valence-electron chi connectivity index (χ3n) is 6.12. The normalized spacial score (nSPS) is 13.1. The number of nitrogens with one attached hydrogen (secondary N) is 2. The summed E-state index contributed by atoms with van der Waals surface area (Å²) in [6, 6.07) is 18.8. The molecule has 190 valence electrons. The first-order chi connectivity index (χ1) is 17.7. The lowest BCUT2D eigenvalue weighted by molar-refractivity contribution is -0.385. The second-order valence-electron chi connectivity index (χ2n) is 8.45. The minimum absolute atomic E-state index is 0.00766. The Morgan fingerprint density at radius 1 is 0.973 bits per heavy atom. The largest absolute Gasteiger partial charge is 0.368 e. The molecule has 9 nitrogen and oxygen atoms in total. The van der Waals surface area contributed by atoms with Crippen LogP contribution >= 0.6 is 23.8 Å². The molecule has 0 aliphatic carbocycles. The van der Waals surface area contributed by atoms with Crippen molar-refractivity contribution in [2.45, 2.75) is 6.92 Å². The van der Waals surface area contributed by atoms with Gasteiger partial charge in [-0.25, -0.2) is 0 Å². The summed E-state index contributed by atoms with van der Waals surface area (Å²) in [6.45, 7) is 4.13. The minimum Gasteiger partial charge on any atom is -0.368 e. The number of carbonyl (C=O) groups excluding carboxylic acids is 2. The minimum atomic E-state index is -0.527. The van der Waals surface area contributed by atoms with E-state index in [1.54, 1.807) is 24.3 Å². The molecule has 1 saturated heterocycles. The Morgan fingerprint density at radius 2 is 1.62 bits per heavy atom. The van der Waals surface area contributed by atoms with Gasteiger partial charge in [0.1, 0.15) is 0 Å². The van der Waals surface area contributed by atoms with Gasteiger partial charge in [-0.15, -0.1) is 0 Å². The highest BCUT2D eigenvalue weighted by atomic mass is 35.5. The van der Waals surface area contributed by atoms with E-state index in [0.717, 1.165) is 5.69 Å². The van der Waals surface area contributed by atoms with Gasteiger partial charge in [0.15, 0.2) is 5.11 Å². The van der Waals surface area contributed by atoms with Crippen LogP contribution < -0.4 is 15.5 Å². The van der Waals surface area contributed by atoms with Crippen molar-refractivity contribution >= 4 is 57.8 Å². The number of halogens is 1. The summed E-state index contributed by atoms with van der Waals surface area (Å²) in [6.07, 6.45) is 0. The molecule has 0 atom stereocenters. The van der Waals surface area contributed by atoms with E-state index in [4.69, 9.17) is 23.8 Å². The molecule has 0 spiro atoms. The van der Waals surface area contributed by atoms with E-state index >= 15 is 0 Å². The second-order valence-corrected chi connectivity index (χ2v) is 9.29. The Balaban J connectivity index is 1.30. The fourth-order valence-corrected chi connectivity index (χ4v) is 4.43. The van der Waals surface area contributed by atoms with Crippen LogP contribution in [0.2, 0.25) is 5.02 Å². The van der Waals surface area contributed by atoms with Crippen LogP contribution in [0.5, 0.6) is 0 Å². The maximum absolute atomic E-state index is 12.7. The van der Waals surface area contributed by atoms with Crippen LogP contribution in [-0.4, -0.2) is 52.9 Å². The predicted octanol–water partition coefficient (Wildman–Crippen LogP) is 4.65. The van der Waals surface area contributed by atoms with E-state index in [2.05, 4.69) is 15.5 Å². The number of hydrogen-bond acceptors (Lipinski definition) is 6. The fourth-order valence-electron chi connectivity index (χ4n) is 4.10. The lowest BCUT2D eigenvalue weighted by Crippen LogP contribution is -2.48. The van der Waals surface area contributed by atoms with Gasteiger partial charge < -0.3 is 15.1 Å². The molecule has 0 bridgehead atoms. The summed E-state index contributed by atoms with van der Waals surface area (Å²) >= 11 is 11.2. The first-order valence-electron chi connectivity index (χ1n) is 11.5. The van der Waals surface area contributed by atoms with Gasteiger partial charge in [0.25, 0.3) is 17.5 Å². The zero-order valence-corrected chi connectivity index (χ0v) is 21.5. The van der Waals surface area contributed by atoms with Crippen molar-refractivity contribution in [3.8, 4) is 0 Å². The Morgan fingerprint density at radius 3 is 2.24 bits per heavy atom. The van der Waals surface area contributed by atoms with E-state index in [-0.39, 0.29) is 27.8 Å². The van der Waals surface area contributed by atoms with Crippen LogP contribution in [0.1, 0.15) is 26.3 Å². The van der Waals surface area contributed by atoms with Gasteiger partial charge in [-0.3, -0.25) is 25.0 Å². The standard InChI is InChI=1S/C26H24ClN5O4S/c1-17-22(3-2-4-23(17)32(35)36)24(33)29-26(37)28-20-9-11-21(12-10-20)30-13-15-31(16-14-30)25(34)18-5-7-19(27)8-6-18/h2-12H,13-16H2,1H3,(H2,28,29,33,37). The SMILES string of the molecule is Cc1c(C(=O)NC(=S)Nc2ccc(N3CCN(C(=O)c4ccc(Cl)cc4)CC3)cc2)cccc1[N+](=O)[O-]. The van der Waals surface area contributed by atoms with Gasteiger partial charge in [0.05, 0.1) is 4.92 Å². The van der Waals surface area contributed by atoms with E-state index in [9.17, 15) is 19.7 Å². The highest BCUT2D eigenvalue weighted by molar-refractivity contribution is 7.80. The number of amides is 2. The lowest BCUT2D eigenvalue weighted by atomic mass is 10.1. The number of anilines is 2. The van der Waals surface area contributed by atoms with Crippen molar-refractivity contribution < 1.29 is 14.5 Å². The highest BCUT2D eigenvalue weighted by Gasteiger charge is 2.22. The van der Waals surface area contributed by atoms with Gasteiger partial charge in [0, 0.05) is 65.3 Å². The first kappa shape index (κ1) is 26.1. The number of nitrogens with zero attached hydrogens (tertiary/aromatic N) is 3. The molecule has 11 heteroatoms. The second kappa shape index (κ2) is 11.4. The van der Waals surface area contributed by atoms with Crippen LogP contribution in [0.3, 0.4) is 0 Å². The lowest BCUT2D eigenvalue weighted by Gasteiger charge is -2.36. The summed E-state index contributed by atoms with van der Waals surface area (Å²) in [5.41, 5.74) is 2.64. The maximum Gasteiger partial charge on any atom is 0.273 e. The molecule has 1 aliphatic heterocycles. The number of benzene rings is 3. The van der Waals surface area contributed by atoms with Crippen LogP contribution in [0.4, 0.5) is 17.1 Å². The topological polar surface area (TPSA) is 108 Å². The van der Waals surface area contributed by atoms with Gasteiger partial charge in [0.2, 0.25) is 0 Å². The zero-order valence-electron chi connectivity index (χ0n) is 19.9.